The molecule has 0 aromatic heterocycles. The molecule has 6 rings (SSSR count). The van der Waals surface area contributed by atoms with E-state index >= 15 is 0 Å². The Labute approximate surface area is 199 Å². The van der Waals surface area contributed by atoms with Crippen molar-refractivity contribution >= 4 is 17.8 Å². The Morgan fingerprint density at radius 3 is 2.62 bits per heavy atom. The van der Waals surface area contributed by atoms with Gasteiger partial charge in [-0.15, -0.1) is 0 Å². The zero-order valence-corrected chi connectivity index (χ0v) is 20.1. The van der Waals surface area contributed by atoms with Gasteiger partial charge in [-0.1, -0.05) is 13.8 Å². The third-order valence-corrected chi connectivity index (χ3v) is 8.75. The summed E-state index contributed by atoms with van der Waals surface area (Å²) in [6.07, 6.45) is 2.89. The van der Waals surface area contributed by atoms with Gasteiger partial charge in [0.1, 0.15) is 6.04 Å². The van der Waals surface area contributed by atoms with E-state index in [1.54, 1.807) is 0 Å². The first kappa shape index (κ1) is 24.0. The smallest absolute Gasteiger partial charge is 0.326 e. The summed E-state index contributed by atoms with van der Waals surface area (Å²) in [5.74, 6) is -2.25. The Kier molecular flexibility index (Phi) is 6.15. The molecule has 5 aliphatic heterocycles. The fourth-order valence-corrected chi connectivity index (χ4v) is 6.87. The Morgan fingerprint density at radius 2 is 1.85 bits per heavy atom. The highest BCUT2D eigenvalue weighted by molar-refractivity contribution is 5.86. The van der Waals surface area contributed by atoms with E-state index in [9.17, 15) is 19.5 Å². The van der Waals surface area contributed by atoms with Crippen LogP contribution in [0.5, 0.6) is 0 Å². The highest BCUT2D eigenvalue weighted by Crippen LogP contribution is 2.60. The van der Waals surface area contributed by atoms with Crippen LogP contribution in [0.4, 0.5) is 0 Å². The van der Waals surface area contributed by atoms with E-state index in [2.05, 4.69) is 6.92 Å². The molecule has 6 fully saturated rings. The van der Waals surface area contributed by atoms with Gasteiger partial charge in [-0.2, -0.15) is 0 Å². The third-order valence-electron chi connectivity index (χ3n) is 8.75. The van der Waals surface area contributed by atoms with E-state index < -0.39 is 41.9 Å². The number of likely N-dealkylation sites (tertiary alicyclic amines) is 1. The topological polar surface area (TPSA) is 121 Å². The fourth-order valence-electron chi connectivity index (χ4n) is 6.87. The van der Waals surface area contributed by atoms with Crippen molar-refractivity contribution in [3.8, 4) is 0 Å². The van der Waals surface area contributed by atoms with E-state index in [4.69, 9.17) is 24.0 Å². The van der Waals surface area contributed by atoms with Crippen LogP contribution in [0, 0.1) is 23.7 Å². The molecule has 1 amide bonds. The molecule has 0 aromatic rings. The lowest BCUT2D eigenvalue weighted by Gasteiger charge is -2.59. The Balaban J connectivity index is 1.25. The molecule has 0 unspecified atom stereocenters. The number of carbonyl (C=O) groups is 3. The Morgan fingerprint density at radius 1 is 1.06 bits per heavy atom. The van der Waals surface area contributed by atoms with Crippen LogP contribution in [0.3, 0.4) is 0 Å². The minimum absolute atomic E-state index is 0.0375. The van der Waals surface area contributed by atoms with Crippen LogP contribution in [-0.2, 0) is 38.4 Å². The van der Waals surface area contributed by atoms with Crippen LogP contribution in [0.1, 0.15) is 72.1 Å². The van der Waals surface area contributed by atoms with Gasteiger partial charge in [-0.05, 0) is 50.9 Å². The van der Waals surface area contributed by atoms with Crippen LogP contribution in [0.15, 0.2) is 0 Å². The van der Waals surface area contributed by atoms with Gasteiger partial charge in [0.15, 0.2) is 11.9 Å². The number of nitrogens with zero attached hydrogens (tertiary/aromatic N) is 1. The minimum atomic E-state index is -1.01. The van der Waals surface area contributed by atoms with E-state index in [1.807, 2.05) is 13.8 Å². The summed E-state index contributed by atoms with van der Waals surface area (Å²) in [7, 11) is 0. The van der Waals surface area contributed by atoms with Gasteiger partial charge in [0.05, 0.1) is 6.42 Å². The molecule has 6 aliphatic rings. The van der Waals surface area contributed by atoms with Gasteiger partial charge in [-0.25, -0.2) is 14.6 Å². The second-order valence-corrected chi connectivity index (χ2v) is 10.8. The fraction of sp³-hybridized carbons (Fsp3) is 0.875. The summed E-state index contributed by atoms with van der Waals surface area (Å²) in [6, 6.07) is -0.811. The summed E-state index contributed by atoms with van der Waals surface area (Å²) in [5.41, 5.74) is -0.729. The van der Waals surface area contributed by atoms with Crippen molar-refractivity contribution in [3.63, 3.8) is 0 Å². The molecule has 9 atom stereocenters. The van der Waals surface area contributed by atoms with Gasteiger partial charge < -0.3 is 24.2 Å². The summed E-state index contributed by atoms with van der Waals surface area (Å²) < 4.78 is 18.2. The number of fused-ring (bicyclic) bond motifs is 2. The quantitative estimate of drug-likeness (QED) is 0.466. The van der Waals surface area contributed by atoms with Gasteiger partial charge in [0.25, 0.3) is 0 Å². The third kappa shape index (κ3) is 3.83. The van der Waals surface area contributed by atoms with Crippen LogP contribution in [0.2, 0.25) is 0 Å². The average Bonchev–Trinajstić information content (AvgIpc) is 3.18. The molecular weight excluding hydrogens is 446 g/mol. The molecule has 0 aromatic carbocycles. The van der Waals surface area contributed by atoms with Gasteiger partial charge >= 0.3 is 11.9 Å². The zero-order chi connectivity index (χ0) is 24.3. The van der Waals surface area contributed by atoms with Crippen molar-refractivity contribution in [1.82, 2.24) is 4.90 Å². The maximum Gasteiger partial charge on any atom is 0.326 e. The molecule has 34 heavy (non-hydrogen) atoms. The molecule has 5 heterocycles. The van der Waals surface area contributed by atoms with Crippen LogP contribution in [-0.4, -0.2) is 64.4 Å². The van der Waals surface area contributed by atoms with Gasteiger partial charge in [0.2, 0.25) is 18.0 Å². The van der Waals surface area contributed by atoms with Gasteiger partial charge in [0, 0.05) is 31.2 Å². The van der Waals surface area contributed by atoms with Gasteiger partial charge in [-0.3, -0.25) is 9.59 Å². The molecule has 0 radical (unpaired) electrons. The van der Waals surface area contributed by atoms with Crippen molar-refractivity contribution in [2.75, 3.05) is 6.54 Å². The van der Waals surface area contributed by atoms with Crippen molar-refractivity contribution in [1.29, 1.82) is 0 Å². The largest absolute Gasteiger partial charge is 0.480 e. The lowest BCUT2D eigenvalue weighted by atomic mass is 9.58. The van der Waals surface area contributed by atoms with Crippen molar-refractivity contribution in [3.05, 3.63) is 0 Å². The lowest BCUT2D eigenvalue weighted by molar-refractivity contribution is -0.576. The molecule has 1 spiro atoms. The standard InChI is InChI=1S/C24H35NO9/c1-13-6-7-16-14(2)21(31-22-24(16)15(13)10-11-23(3,32-22)33-34-24)30-19(27)9-8-18(26)25-12-4-5-17(25)20(28)29/h13-17,21-22H,4-12H2,1-3H3,(H,28,29)/t13-,14-,15+,16+,17+,21-,22-,23-,24-/m1/s1. The van der Waals surface area contributed by atoms with Crippen LogP contribution in [0.25, 0.3) is 0 Å². The second kappa shape index (κ2) is 8.72. The molecule has 2 bridgehead atoms. The number of carboxylic acids is 1. The minimum Gasteiger partial charge on any atom is -0.480 e. The maximum absolute atomic E-state index is 12.7. The molecule has 5 saturated heterocycles. The molecule has 190 valence electrons. The lowest BCUT2D eigenvalue weighted by Crippen LogP contribution is -2.70. The first-order valence-corrected chi connectivity index (χ1v) is 12.6. The second-order valence-electron chi connectivity index (χ2n) is 10.8. The number of esters is 1. The number of hydrogen-bond acceptors (Lipinski definition) is 8. The number of carbonyl (C=O) groups excluding carboxylic acids is 2. The first-order chi connectivity index (χ1) is 16.1. The average molecular weight is 482 g/mol. The van der Waals surface area contributed by atoms with Crippen molar-refractivity contribution < 1.29 is 43.5 Å². The van der Waals surface area contributed by atoms with E-state index in [0.29, 0.717) is 31.7 Å². The summed E-state index contributed by atoms with van der Waals surface area (Å²) >= 11 is 0. The molecule has 10 nitrogen and oxygen atoms in total. The Bertz CT molecular complexity index is 850. The normalized spacial score (nSPS) is 45.4. The highest BCUT2D eigenvalue weighted by atomic mass is 17.3. The predicted octanol–water partition coefficient (Wildman–Crippen LogP) is 2.59. The van der Waals surface area contributed by atoms with Crippen molar-refractivity contribution in [2.24, 2.45) is 23.7 Å². The number of ether oxygens (including phenoxy) is 3. The molecule has 10 heteroatoms. The highest BCUT2D eigenvalue weighted by Gasteiger charge is 2.69. The van der Waals surface area contributed by atoms with Crippen molar-refractivity contribution in [2.45, 2.75) is 102 Å². The molecule has 1 aliphatic carbocycles. The summed E-state index contributed by atoms with van der Waals surface area (Å²) in [6.45, 7) is 6.47. The summed E-state index contributed by atoms with van der Waals surface area (Å²) in [4.78, 5) is 49.8. The van der Waals surface area contributed by atoms with E-state index in [-0.39, 0.29) is 36.5 Å². The number of aliphatic carboxylic acids is 1. The zero-order valence-electron chi connectivity index (χ0n) is 20.1. The van der Waals surface area contributed by atoms with Crippen LogP contribution < -0.4 is 0 Å². The number of amides is 1. The Hall–Kier alpha value is -1.75. The summed E-state index contributed by atoms with van der Waals surface area (Å²) in [5, 5.41) is 9.29. The monoisotopic (exact) mass is 481 g/mol. The van der Waals surface area contributed by atoms with Crippen LogP contribution >= 0.6 is 0 Å². The SMILES string of the molecule is C[C@H]1[C@H](OC(=O)CCC(=O)N2CCC[C@H]2C(=O)O)O[C@@H]2O[C@@]3(C)CC[C@H]4[C@H](C)CC[C@@H]1[C@@]24OO3. The van der Waals surface area contributed by atoms with E-state index in [1.165, 1.54) is 4.90 Å². The predicted molar refractivity (Wildman–Crippen MR) is 115 cm³/mol. The maximum atomic E-state index is 12.7. The molecular formula is C24H35NO9. The first-order valence-electron chi connectivity index (χ1n) is 12.6. The van der Waals surface area contributed by atoms with E-state index in [0.717, 1.165) is 19.3 Å². The molecule has 1 N–H and O–H groups in total. The number of carboxylic acid groups (broad SMARTS) is 1. The molecule has 1 saturated carbocycles. The number of rotatable bonds is 5. The number of hydrogen-bond donors (Lipinski definition) is 1.